The molecule has 0 unspecified atom stereocenters. The summed E-state index contributed by atoms with van der Waals surface area (Å²) in [6.45, 7) is 0.543. The van der Waals surface area contributed by atoms with Gasteiger partial charge in [0, 0.05) is 30.7 Å². The lowest BCUT2D eigenvalue weighted by Gasteiger charge is -2.09. The van der Waals surface area contributed by atoms with Crippen LogP contribution in [-0.2, 0) is 0 Å². The molecule has 0 bridgehead atoms. The molecule has 136 valence electrons. The van der Waals surface area contributed by atoms with Gasteiger partial charge in [0.1, 0.15) is 5.69 Å². The predicted molar refractivity (Wildman–Crippen MR) is 108 cm³/mol. The monoisotopic (exact) mass is 366 g/mol. The van der Waals surface area contributed by atoms with Crippen molar-refractivity contribution >= 4 is 5.91 Å². The van der Waals surface area contributed by atoms with Gasteiger partial charge in [-0.15, -0.1) is 0 Å². The van der Waals surface area contributed by atoms with E-state index in [2.05, 4.69) is 33.3 Å². The second kappa shape index (κ2) is 8.19. The van der Waals surface area contributed by atoms with Crippen LogP contribution in [0.2, 0.25) is 0 Å². The minimum absolute atomic E-state index is 0.124. The minimum Gasteiger partial charge on any atom is -0.348 e. The van der Waals surface area contributed by atoms with E-state index in [9.17, 15) is 4.79 Å². The molecule has 0 spiro atoms. The maximum atomic E-state index is 12.6. The second-order valence-electron chi connectivity index (χ2n) is 6.29. The molecular weight excluding hydrogens is 348 g/mol. The summed E-state index contributed by atoms with van der Waals surface area (Å²) in [7, 11) is 0. The Morgan fingerprint density at radius 1 is 1.14 bits per heavy atom. The number of hydrogen-bond donors (Lipinski definition) is 1. The highest BCUT2D eigenvalue weighted by Crippen LogP contribution is 2.16. The number of nitrogens with zero attached hydrogens (tertiary/aromatic N) is 3. The summed E-state index contributed by atoms with van der Waals surface area (Å²) in [5, 5.41) is 7.25. The molecule has 4 rings (SSSR count). The van der Waals surface area contributed by atoms with Crippen LogP contribution in [-0.4, -0.2) is 27.2 Å². The average molecular weight is 366 g/mol. The summed E-state index contributed by atoms with van der Waals surface area (Å²) in [4.78, 5) is 16.8. The molecular formula is C23H18N4O. The van der Waals surface area contributed by atoms with Gasteiger partial charge in [-0.1, -0.05) is 30.2 Å². The molecule has 28 heavy (non-hydrogen) atoms. The van der Waals surface area contributed by atoms with E-state index in [-0.39, 0.29) is 5.91 Å². The number of amides is 1. The Kier molecular flexibility index (Phi) is 5.12. The minimum atomic E-state index is -0.124. The molecule has 2 heterocycles. The summed E-state index contributed by atoms with van der Waals surface area (Å²) in [6, 6.07) is 12.9. The lowest BCUT2D eigenvalue weighted by atomic mass is 10.1. The van der Waals surface area contributed by atoms with E-state index in [4.69, 9.17) is 0 Å². The number of hydrogen-bond acceptors (Lipinski definition) is 3. The Balaban J connectivity index is 1.62. The molecule has 5 heteroatoms. The van der Waals surface area contributed by atoms with Gasteiger partial charge in [-0.3, -0.25) is 4.79 Å². The number of rotatable bonds is 4. The highest BCUT2D eigenvalue weighted by molar-refractivity contribution is 5.95. The topological polar surface area (TPSA) is 59.8 Å². The van der Waals surface area contributed by atoms with Gasteiger partial charge < -0.3 is 5.32 Å². The standard InChI is InChI=1S/C23H18N4O/c28-23(25-17-18-6-1-2-7-18)20-10-12-22(27-15-5-14-26-27)19(16-20)9-11-21-8-3-4-13-24-21/h1-6,8,10,12-16H,7,17H2,(H,25,28). The first-order chi connectivity index (χ1) is 13.8. The maximum absolute atomic E-state index is 12.6. The van der Waals surface area contributed by atoms with Crippen molar-refractivity contribution in [2.75, 3.05) is 6.54 Å². The Morgan fingerprint density at radius 3 is 2.86 bits per heavy atom. The zero-order valence-corrected chi connectivity index (χ0v) is 15.2. The summed E-state index contributed by atoms with van der Waals surface area (Å²) >= 11 is 0. The fourth-order valence-electron chi connectivity index (χ4n) is 2.88. The maximum Gasteiger partial charge on any atom is 0.251 e. The van der Waals surface area contributed by atoms with Gasteiger partial charge in [0.05, 0.1) is 11.3 Å². The summed E-state index contributed by atoms with van der Waals surface area (Å²) in [5.74, 6) is 6.07. The summed E-state index contributed by atoms with van der Waals surface area (Å²) in [5.41, 5.74) is 3.95. The zero-order valence-electron chi connectivity index (χ0n) is 15.2. The Morgan fingerprint density at radius 2 is 2.11 bits per heavy atom. The molecule has 5 nitrogen and oxygen atoms in total. The van der Waals surface area contributed by atoms with Crippen LogP contribution < -0.4 is 5.32 Å². The lowest BCUT2D eigenvalue weighted by molar-refractivity contribution is 0.0957. The summed E-state index contributed by atoms with van der Waals surface area (Å²) in [6.07, 6.45) is 12.3. The number of benzene rings is 1. The fourth-order valence-corrected chi connectivity index (χ4v) is 2.88. The van der Waals surface area contributed by atoms with Gasteiger partial charge in [-0.25, -0.2) is 9.67 Å². The number of carbonyl (C=O) groups is 1. The van der Waals surface area contributed by atoms with Gasteiger partial charge in [0.25, 0.3) is 5.91 Å². The van der Waals surface area contributed by atoms with Crippen LogP contribution in [0.3, 0.4) is 0 Å². The highest BCUT2D eigenvalue weighted by Gasteiger charge is 2.11. The van der Waals surface area contributed by atoms with Gasteiger partial charge in [-0.05, 0) is 54.3 Å². The number of aromatic nitrogens is 3. The van der Waals surface area contributed by atoms with Crippen LogP contribution in [0.4, 0.5) is 0 Å². The highest BCUT2D eigenvalue weighted by atomic mass is 16.1. The van der Waals surface area contributed by atoms with Gasteiger partial charge in [-0.2, -0.15) is 5.10 Å². The Bertz CT molecular complexity index is 1100. The van der Waals surface area contributed by atoms with E-state index < -0.39 is 0 Å². The first-order valence-corrected chi connectivity index (χ1v) is 8.99. The molecule has 0 atom stereocenters. The molecule has 3 aromatic rings. The molecule has 0 radical (unpaired) electrons. The van der Waals surface area contributed by atoms with Crippen molar-refractivity contribution in [3.05, 3.63) is 102 Å². The van der Waals surface area contributed by atoms with Crippen LogP contribution >= 0.6 is 0 Å². The zero-order chi connectivity index (χ0) is 19.2. The van der Waals surface area contributed by atoms with Crippen LogP contribution in [0.5, 0.6) is 0 Å². The van der Waals surface area contributed by atoms with Crippen molar-refractivity contribution in [3.8, 4) is 17.5 Å². The molecule has 1 amide bonds. The van der Waals surface area contributed by atoms with Gasteiger partial charge in [0.15, 0.2) is 0 Å². The van der Waals surface area contributed by atoms with E-state index in [1.807, 2.05) is 48.7 Å². The van der Waals surface area contributed by atoms with Gasteiger partial charge >= 0.3 is 0 Å². The van der Waals surface area contributed by atoms with Crippen LogP contribution in [0, 0.1) is 11.8 Å². The molecule has 0 saturated heterocycles. The Labute approximate surface area is 163 Å². The summed E-state index contributed by atoms with van der Waals surface area (Å²) < 4.78 is 1.74. The van der Waals surface area contributed by atoms with Crippen molar-refractivity contribution in [3.63, 3.8) is 0 Å². The third-order valence-electron chi connectivity index (χ3n) is 4.32. The molecule has 1 aliphatic rings. The van der Waals surface area contributed by atoms with Crippen molar-refractivity contribution < 1.29 is 4.79 Å². The molecule has 0 aliphatic heterocycles. The van der Waals surface area contributed by atoms with E-state index in [1.54, 1.807) is 29.2 Å². The third-order valence-corrected chi connectivity index (χ3v) is 4.32. The number of nitrogens with one attached hydrogen (secondary N) is 1. The van der Waals surface area contributed by atoms with Crippen LogP contribution in [0.1, 0.15) is 28.0 Å². The van der Waals surface area contributed by atoms with E-state index >= 15 is 0 Å². The number of pyridine rings is 1. The third kappa shape index (κ3) is 4.08. The fraction of sp³-hybridized carbons (Fsp3) is 0.0870. The molecule has 2 aromatic heterocycles. The largest absolute Gasteiger partial charge is 0.348 e. The molecule has 0 fully saturated rings. The normalized spacial score (nSPS) is 12.2. The van der Waals surface area contributed by atoms with E-state index in [0.29, 0.717) is 23.4 Å². The van der Waals surface area contributed by atoms with Crippen LogP contribution in [0.25, 0.3) is 5.69 Å². The second-order valence-corrected chi connectivity index (χ2v) is 6.29. The van der Waals surface area contributed by atoms with Crippen LogP contribution in [0.15, 0.2) is 84.9 Å². The number of carbonyl (C=O) groups excluding carboxylic acids is 1. The Hall–Kier alpha value is -3.91. The molecule has 1 aromatic carbocycles. The van der Waals surface area contributed by atoms with E-state index in [0.717, 1.165) is 12.1 Å². The number of allylic oxidation sites excluding steroid dienone is 3. The average Bonchev–Trinajstić information content (AvgIpc) is 3.45. The van der Waals surface area contributed by atoms with Crippen molar-refractivity contribution in [2.24, 2.45) is 0 Å². The first kappa shape index (κ1) is 17.5. The molecule has 0 saturated carbocycles. The molecule has 1 N–H and O–H groups in total. The van der Waals surface area contributed by atoms with Crippen molar-refractivity contribution in [1.29, 1.82) is 0 Å². The quantitative estimate of drug-likeness (QED) is 0.721. The molecule has 1 aliphatic carbocycles. The predicted octanol–water partition coefficient (Wildman–Crippen LogP) is 3.28. The van der Waals surface area contributed by atoms with Crippen molar-refractivity contribution in [2.45, 2.75) is 6.42 Å². The smallest absolute Gasteiger partial charge is 0.251 e. The van der Waals surface area contributed by atoms with E-state index in [1.165, 1.54) is 5.57 Å². The van der Waals surface area contributed by atoms with Crippen molar-refractivity contribution in [1.82, 2.24) is 20.1 Å². The SMILES string of the molecule is O=C(NCC1=CC=CC1)c1ccc(-n2cccn2)c(C#Cc2ccccn2)c1. The van der Waals surface area contributed by atoms with Gasteiger partial charge in [0.2, 0.25) is 0 Å². The lowest BCUT2D eigenvalue weighted by Crippen LogP contribution is -2.25. The first-order valence-electron chi connectivity index (χ1n) is 8.99.